The van der Waals surface area contributed by atoms with Gasteiger partial charge in [0.25, 0.3) is 0 Å². The van der Waals surface area contributed by atoms with Gasteiger partial charge in [0, 0.05) is 4.88 Å². The number of rotatable bonds is 3. The van der Waals surface area contributed by atoms with E-state index in [2.05, 4.69) is 53.4 Å². The minimum atomic E-state index is 0.270. The summed E-state index contributed by atoms with van der Waals surface area (Å²) < 4.78 is 5.28. The largest absolute Gasteiger partial charge is 0.496 e. The summed E-state index contributed by atoms with van der Waals surface area (Å²) in [5.74, 6) is 0.941. The van der Waals surface area contributed by atoms with Crippen LogP contribution in [0.3, 0.4) is 0 Å². The maximum Gasteiger partial charge on any atom is 0.121 e. The maximum atomic E-state index is 5.28. The van der Waals surface area contributed by atoms with E-state index in [9.17, 15) is 0 Å². The maximum absolute atomic E-state index is 5.28. The van der Waals surface area contributed by atoms with E-state index < -0.39 is 0 Å². The lowest BCUT2D eigenvalue weighted by atomic mass is 10.1. The van der Waals surface area contributed by atoms with Crippen LogP contribution in [0, 0.1) is 13.8 Å². The highest BCUT2D eigenvalue weighted by Crippen LogP contribution is 2.37. The van der Waals surface area contributed by atoms with Crippen molar-refractivity contribution in [3.63, 3.8) is 0 Å². The molecule has 0 aliphatic rings. The minimum absolute atomic E-state index is 0.270. The SMILES string of the molecule is COc1ccc(C(Br)c2sccc2C)cc1C. The second-order valence-corrected chi connectivity index (χ2v) is 5.92. The van der Waals surface area contributed by atoms with Crippen molar-refractivity contribution >= 4 is 27.3 Å². The van der Waals surface area contributed by atoms with E-state index in [1.54, 1.807) is 18.4 Å². The molecule has 1 unspecified atom stereocenters. The van der Waals surface area contributed by atoms with Crippen LogP contribution < -0.4 is 4.74 Å². The third-order valence-electron chi connectivity index (χ3n) is 2.84. The van der Waals surface area contributed by atoms with Gasteiger partial charge in [0.1, 0.15) is 5.75 Å². The van der Waals surface area contributed by atoms with Crippen LogP contribution in [0.1, 0.15) is 26.4 Å². The molecule has 0 aliphatic carbocycles. The molecule has 2 aromatic rings. The highest BCUT2D eigenvalue weighted by atomic mass is 79.9. The lowest BCUT2D eigenvalue weighted by molar-refractivity contribution is 0.411. The third kappa shape index (κ3) is 2.55. The summed E-state index contributed by atoms with van der Waals surface area (Å²) in [5, 5.41) is 2.13. The van der Waals surface area contributed by atoms with Gasteiger partial charge in [-0.2, -0.15) is 0 Å². The van der Waals surface area contributed by atoms with E-state index in [0.29, 0.717) is 0 Å². The Bertz CT molecular complexity index is 519. The van der Waals surface area contributed by atoms with Gasteiger partial charge in [-0.1, -0.05) is 28.1 Å². The molecule has 1 aromatic carbocycles. The molecule has 1 atom stereocenters. The number of halogens is 1. The summed E-state index contributed by atoms with van der Waals surface area (Å²) in [6, 6.07) is 8.48. The summed E-state index contributed by atoms with van der Waals surface area (Å²) in [7, 11) is 1.71. The minimum Gasteiger partial charge on any atom is -0.496 e. The Labute approximate surface area is 115 Å². The van der Waals surface area contributed by atoms with Crippen LogP contribution >= 0.6 is 27.3 Å². The van der Waals surface area contributed by atoms with E-state index in [0.717, 1.165) is 5.75 Å². The van der Waals surface area contributed by atoms with Gasteiger partial charge in [0.2, 0.25) is 0 Å². The molecule has 0 aliphatic heterocycles. The lowest BCUT2D eigenvalue weighted by Gasteiger charge is -2.12. The van der Waals surface area contributed by atoms with E-state index in [4.69, 9.17) is 4.74 Å². The van der Waals surface area contributed by atoms with Crippen molar-refractivity contribution in [1.29, 1.82) is 0 Å². The van der Waals surface area contributed by atoms with E-state index in [-0.39, 0.29) is 4.83 Å². The Kier molecular flexibility index (Phi) is 3.89. The number of thiophene rings is 1. The van der Waals surface area contributed by atoms with E-state index >= 15 is 0 Å². The first-order valence-electron chi connectivity index (χ1n) is 5.46. The zero-order chi connectivity index (χ0) is 12.4. The van der Waals surface area contributed by atoms with Crippen molar-refractivity contribution in [1.82, 2.24) is 0 Å². The van der Waals surface area contributed by atoms with Crippen molar-refractivity contribution < 1.29 is 4.74 Å². The highest BCUT2D eigenvalue weighted by Gasteiger charge is 2.14. The summed E-state index contributed by atoms with van der Waals surface area (Å²) in [4.78, 5) is 1.64. The van der Waals surface area contributed by atoms with Crippen LogP contribution in [0.2, 0.25) is 0 Å². The van der Waals surface area contributed by atoms with E-state index in [1.807, 2.05) is 6.07 Å². The predicted molar refractivity (Wildman–Crippen MR) is 77.6 cm³/mol. The average Bonchev–Trinajstić information content (AvgIpc) is 2.74. The zero-order valence-electron chi connectivity index (χ0n) is 10.2. The first-order chi connectivity index (χ1) is 8.13. The molecule has 1 nitrogen and oxygen atoms in total. The third-order valence-corrected chi connectivity index (χ3v) is 5.22. The van der Waals surface area contributed by atoms with Gasteiger partial charge in [0.15, 0.2) is 0 Å². The van der Waals surface area contributed by atoms with Gasteiger partial charge >= 0.3 is 0 Å². The fraction of sp³-hybridized carbons (Fsp3) is 0.286. The van der Waals surface area contributed by atoms with Crippen LogP contribution in [0.5, 0.6) is 5.75 Å². The van der Waals surface area contributed by atoms with Crippen LogP contribution in [0.15, 0.2) is 29.6 Å². The van der Waals surface area contributed by atoms with Crippen LogP contribution in [-0.2, 0) is 0 Å². The van der Waals surface area contributed by atoms with Crippen LogP contribution in [-0.4, -0.2) is 7.11 Å². The number of hydrogen-bond acceptors (Lipinski definition) is 2. The van der Waals surface area contributed by atoms with Crippen LogP contribution in [0.4, 0.5) is 0 Å². The second kappa shape index (κ2) is 5.23. The molecule has 0 saturated carbocycles. The van der Waals surface area contributed by atoms with Crippen molar-refractivity contribution in [2.75, 3.05) is 7.11 Å². The molecular weight excluding hydrogens is 296 g/mol. The van der Waals surface area contributed by atoms with Gasteiger partial charge in [-0.15, -0.1) is 11.3 Å². The number of benzene rings is 1. The van der Waals surface area contributed by atoms with Crippen molar-refractivity contribution in [2.45, 2.75) is 18.7 Å². The summed E-state index contributed by atoms with van der Waals surface area (Å²) in [5.41, 5.74) is 3.78. The smallest absolute Gasteiger partial charge is 0.121 e. The predicted octanol–water partition coefficient (Wildman–Crippen LogP) is 4.86. The molecule has 0 spiro atoms. The Hall–Kier alpha value is -0.800. The molecule has 0 bridgehead atoms. The molecule has 0 radical (unpaired) electrons. The standard InChI is InChI=1S/C14H15BrOS/c1-9-6-7-17-14(9)13(15)11-4-5-12(16-3)10(2)8-11/h4-8,13H,1-3H3. The van der Waals surface area contributed by atoms with Gasteiger partial charge < -0.3 is 4.74 Å². The monoisotopic (exact) mass is 310 g/mol. The molecule has 3 heteroatoms. The molecule has 17 heavy (non-hydrogen) atoms. The number of aryl methyl sites for hydroxylation is 2. The number of ether oxygens (including phenoxy) is 1. The Morgan fingerprint density at radius 2 is 1.94 bits per heavy atom. The Morgan fingerprint density at radius 3 is 2.47 bits per heavy atom. The van der Waals surface area contributed by atoms with Gasteiger partial charge in [-0.05, 0) is 48.1 Å². The number of hydrogen-bond donors (Lipinski definition) is 0. The normalized spacial score (nSPS) is 12.5. The quantitative estimate of drug-likeness (QED) is 0.736. The summed E-state index contributed by atoms with van der Waals surface area (Å²) in [6.45, 7) is 4.22. The summed E-state index contributed by atoms with van der Waals surface area (Å²) >= 11 is 5.56. The Balaban J connectivity index is 2.35. The topological polar surface area (TPSA) is 9.23 Å². The molecule has 0 fully saturated rings. The van der Waals surface area contributed by atoms with Gasteiger partial charge in [-0.25, -0.2) is 0 Å². The first kappa shape index (κ1) is 12.7. The van der Waals surface area contributed by atoms with Gasteiger partial charge in [0.05, 0.1) is 11.9 Å². The molecule has 1 heterocycles. The molecule has 0 N–H and O–H groups in total. The van der Waals surface area contributed by atoms with E-state index in [1.165, 1.54) is 21.6 Å². The van der Waals surface area contributed by atoms with Crippen LogP contribution in [0.25, 0.3) is 0 Å². The second-order valence-electron chi connectivity index (χ2n) is 4.06. The molecule has 1 aromatic heterocycles. The van der Waals surface area contributed by atoms with Crippen molar-refractivity contribution in [3.05, 3.63) is 51.2 Å². The number of alkyl halides is 1. The lowest BCUT2D eigenvalue weighted by Crippen LogP contribution is -1.94. The van der Waals surface area contributed by atoms with Crippen molar-refractivity contribution in [2.24, 2.45) is 0 Å². The van der Waals surface area contributed by atoms with Crippen molar-refractivity contribution in [3.8, 4) is 5.75 Å². The molecule has 90 valence electrons. The number of methoxy groups -OCH3 is 1. The average molecular weight is 311 g/mol. The molecular formula is C14H15BrOS. The first-order valence-corrected chi connectivity index (χ1v) is 7.25. The summed E-state index contributed by atoms with van der Waals surface area (Å²) in [6.07, 6.45) is 0. The molecule has 2 rings (SSSR count). The molecule has 0 amide bonds. The van der Waals surface area contributed by atoms with Gasteiger partial charge in [-0.3, -0.25) is 0 Å². The highest BCUT2D eigenvalue weighted by molar-refractivity contribution is 9.09. The zero-order valence-corrected chi connectivity index (χ0v) is 12.6. The molecule has 0 saturated heterocycles. The fourth-order valence-electron chi connectivity index (χ4n) is 1.85. The fourth-order valence-corrected chi connectivity index (χ4v) is 3.75. The Morgan fingerprint density at radius 1 is 1.18 bits per heavy atom.